The monoisotopic (exact) mass is 420 g/mol. The lowest BCUT2D eigenvalue weighted by atomic mass is 9.49. The van der Waals surface area contributed by atoms with E-state index in [9.17, 15) is 18.0 Å². The van der Waals surface area contributed by atoms with E-state index in [2.05, 4.69) is 10.2 Å². The highest BCUT2D eigenvalue weighted by molar-refractivity contribution is 5.83. The van der Waals surface area contributed by atoms with Crippen molar-refractivity contribution in [3.63, 3.8) is 0 Å². The Labute approximate surface area is 176 Å². The number of hydrogen-bond acceptors (Lipinski definition) is 2. The third-order valence-corrected chi connectivity index (χ3v) is 8.13. The van der Waals surface area contributed by atoms with Crippen LogP contribution in [0.15, 0.2) is 24.3 Å². The van der Waals surface area contributed by atoms with Crippen molar-refractivity contribution in [3.05, 3.63) is 35.4 Å². The number of halogens is 3. The molecule has 1 aromatic rings. The number of carbonyl (C=O) groups excluding carboxylic acids is 1. The third kappa shape index (κ3) is 4.00. The molecule has 1 amide bonds. The fourth-order valence-electron chi connectivity index (χ4n) is 7.03. The van der Waals surface area contributed by atoms with Gasteiger partial charge in [0.05, 0.1) is 5.56 Å². The van der Waals surface area contributed by atoms with Gasteiger partial charge in [0.2, 0.25) is 5.91 Å². The van der Waals surface area contributed by atoms with Crippen molar-refractivity contribution in [3.8, 4) is 0 Å². The van der Waals surface area contributed by atoms with Gasteiger partial charge < -0.3 is 10.2 Å². The van der Waals surface area contributed by atoms with Crippen molar-refractivity contribution < 1.29 is 18.0 Å². The zero-order valence-electron chi connectivity index (χ0n) is 17.4. The minimum atomic E-state index is -4.28. The molecule has 4 bridgehead atoms. The maximum absolute atomic E-state index is 13.2. The zero-order valence-corrected chi connectivity index (χ0v) is 17.4. The number of nitrogens with one attached hydrogen (secondary N) is 1. The number of benzene rings is 1. The maximum atomic E-state index is 13.2. The zero-order chi connectivity index (χ0) is 20.9. The molecule has 0 radical (unpaired) electrons. The van der Waals surface area contributed by atoms with Crippen LogP contribution in [-0.4, -0.2) is 36.5 Å². The summed E-state index contributed by atoms with van der Waals surface area (Å²) < 4.78 is 38.1. The van der Waals surface area contributed by atoms with E-state index in [1.54, 1.807) is 12.1 Å². The molecule has 3 nitrogen and oxygen atoms in total. The number of nitrogens with zero attached hydrogens (tertiary/aromatic N) is 1. The average molecular weight is 421 g/mol. The van der Waals surface area contributed by atoms with Gasteiger partial charge in [0.15, 0.2) is 0 Å². The largest absolute Gasteiger partial charge is 0.416 e. The van der Waals surface area contributed by atoms with Crippen LogP contribution in [0.4, 0.5) is 13.2 Å². The first-order valence-corrected chi connectivity index (χ1v) is 11.5. The Hall–Kier alpha value is -1.56. The van der Waals surface area contributed by atoms with E-state index in [0.29, 0.717) is 5.91 Å². The first-order valence-electron chi connectivity index (χ1n) is 11.5. The smallest absolute Gasteiger partial charge is 0.352 e. The van der Waals surface area contributed by atoms with Crippen molar-refractivity contribution in [1.82, 2.24) is 10.2 Å². The molecule has 1 saturated heterocycles. The normalized spacial score (nSPS) is 35.7. The van der Waals surface area contributed by atoms with E-state index in [4.69, 9.17) is 0 Å². The van der Waals surface area contributed by atoms with Crippen LogP contribution in [-0.2, 0) is 17.4 Å². The minimum absolute atomic E-state index is 0.0948. The molecule has 30 heavy (non-hydrogen) atoms. The lowest BCUT2D eigenvalue weighted by Gasteiger charge is -2.55. The van der Waals surface area contributed by atoms with Crippen LogP contribution in [0.2, 0.25) is 0 Å². The highest BCUT2D eigenvalue weighted by Crippen LogP contribution is 2.60. The Morgan fingerprint density at radius 1 is 1.03 bits per heavy atom. The molecule has 6 heteroatoms. The van der Waals surface area contributed by atoms with Crippen molar-refractivity contribution in [2.75, 3.05) is 19.6 Å². The van der Waals surface area contributed by atoms with Gasteiger partial charge in [-0.3, -0.25) is 4.79 Å². The van der Waals surface area contributed by atoms with E-state index < -0.39 is 11.7 Å². The summed E-state index contributed by atoms with van der Waals surface area (Å²) in [5.74, 6) is 2.61. The summed E-state index contributed by atoms with van der Waals surface area (Å²) in [5.41, 5.74) is 0.228. The molecule has 1 aromatic carbocycles. The molecule has 1 aliphatic heterocycles. The molecule has 5 fully saturated rings. The van der Waals surface area contributed by atoms with Crippen LogP contribution in [0.1, 0.15) is 56.1 Å². The summed E-state index contributed by atoms with van der Waals surface area (Å²) in [6, 6.07) is 5.68. The molecular formula is C24H31F3N2O. The molecule has 4 saturated carbocycles. The summed E-state index contributed by atoms with van der Waals surface area (Å²) in [5, 5.41) is 3.38. The van der Waals surface area contributed by atoms with Crippen molar-refractivity contribution in [2.45, 2.75) is 63.6 Å². The van der Waals surface area contributed by atoms with Gasteiger partial charge in [-0.1, -0.05) is 12.1 Å². The van der Waals surface area contributed by atoms with Crippen LogP contribution in [0.5, 0.6) is 0 Å². The summed E-state index contributed by atoms with van der Waals surface area (Å²) >= 11 is 0. The predicted octanol–water partition coefficient (Wildman–Crippen LogP) is 4.65. The lowest BCUT2D eigenvalue weighted by Crippen LogP contribution is -2.55. The van der Waals surface area contributed by atoms with Gasteiger partial charge in [0.1, 0.15) is 0 Å². The molecule has 164 valence electrons. The second-order valence-electron chi connectivity index (χ2n) is 10.4. The Morgan fingerprint density at radius 2 is 1.63 bits per heavy atom. The summed E-state index contributed by atoms with van der Waals surface area (Å²) in [4.78, 5) is 15.6. The van der Waals surface area contributed by atoms with Gasteiger partial charge in [-0.2, -0.15) is 13.2 Å². The van der Waals surface area contributed by atoms with Gasteiger partial charge in [0, 0.05) is 31.1 Å². The van der Waals surface area contributed by atoms with Crippen LogP contribution >= 0.6 is 0 Å². The van der Waals surface area contributed by atoms with Crippen molar-refractivity contribution in [1.29, 1.82) is 0 Å². The molecule has 0 aromatic heterocycles. The number of hydrogen-bond donors (Lipinski definition) is 1. The minimum Gasteiger partial charge on any atom is -0.352 e. The van der Waals surface area contributed by atoms with Gasteiger partial charge >= 0.3 is 6.18 Å². The third-order valence-electron chi connectivity index (χ3n) is 8.13. The Kier molecular flexibility index (Phi) is 5.11. The number of carbonyl (C=O) groups is 1. The standard InChI is InChI=1S/C24H31F3N2O/c25-24(26,27)20-3-1-16(2-4-20)5-7-29-8-6-21(15-29)28-22(30)23-12-17-9-18(13-23)11-19(10-17)14-23/h1-4,17-19,21H,5-15H2,(H,28,30)/t17?,18?,19?,21-,23?/m0/s1. The molecule has 1 heterocycles. The van der Waals surface area contributed by atoms with Gasteiger partial charge in [-0.05, 0) is 86.8 Å². The predicted molar refractivity (Wildman–Crippen MR) is 109 cm³/mol. The second-order valence-corrected chi connectivity index (χ2v) is 10.4. The fraction of sp³-hybridized carbons (Fsp3) is 0.708. The van der Waals surface area contributed by atoms with Crippen LogP contribution < -0.4 is 5.32 Å². The maximum Gasteiger partial charge on any atom is 0.416 e. The second kappa shape index (κ2) is 7.54. The average Bonchev–Trinajstić information content (AvgIpc) is 3.12. The van der Waals surface area contributed by atoms with Crippen molar-refractivity contribution >= 4 is 5.91 Å². The number of rotatable bonds is 5. The van der Waals surface area contributed by atoms with Crippen LogP contribution in [0, 0.1) is 23.2 Å². The first-order chi connectivity index (χ1) is 14.3. The molecular weight excluding hydrogens is 389 g/mol. The SMILES string of the molecule is O=C(N[C@H]1CCN(CCc2ccc(C(F)(F)F)cc2)C1)C12CC3CC(CC(C3)C1)C2. The quantitative estimate of drug-likeness (QED) is 0.752. The number of alkyl halides is 3. The molecule has 1 atom stereocenters. The van der Waals surface area contributed by atoms with E-state index in [1.807, 2.05) is 0 Å². The molecule has 5 aliphatic rings. The fourth-order valence-corrected chi connectivity index (χ4v) is 7.03. The number of likely N-dealkylation sites (tertiary alicyclic amines) is 1. The molecule has 6 rings (SSSR count). The summed E-state index contributed by atoms with van der Waals surface area (Å²) in [6.45, 7) is 2.60. The molecule has 1 N–H and O–H groups in total. The van der Waals surface area contributed by atoms with Gasteiger partial charge in [-0.15, -0.1) is 0 Å². The van der Waals surface area contributed by atoms with E-state index in [-0.39, 0.29) is 11.5 Å². The lowest BCUT2D eigenvalue weighted by molar-refractivity contribution is -0.147. The summed E-state index contributed by atoms with van der Waals surface area (Å²) in [7, 11) is 0. The first kappa shape index (κ1) is 20.3. The molecule has 0 spiro atoms. The van der Waals surface area contributed by atoms with Crippen LogP contribution in [0.3, 0.4) is 0 Å². The molecule has 0 unspecified atom stereocenters. The topological polar surface area (TPSA) is 32.3 Å². The van der Waals surface area contributed by atoms with Crippen LogP contribution in [0.25, 0.3) is 0 Å². The highest BCUT2D eigenvalue weighted by Gasteiger charge is 2.54. The van der Waals surface area contributed by atoms with Gasteiger partial charge in [0.25, 0.3) is 0 Å². The Bertz CT molecular complexity index is 753. The van der Waals surface area contributed by atoms with Gasteiger partial charge in [-0.25, -0.2) is 0 Å². The summed E-state index contributed by atoms with van der Waals surface area (Å²) in [6.07, 6.45) is 4.71. The number of amides is 1. The van der Waals surface area contributed by atoms with E-state index >= 15 is 0 Å². The molecule has 4 aliphatic carbocycles. The Balaban J connectivity index is 1.11. The van der Waals surface area contributed by atoms with Crippen molar-refractivity contribution in [2.24, 2.45) is 23.2 Å². The van der Waals surface area contributed by atoms with E-state index in [0.717, 1.165) is 87.2 Å². The highest BCUT2D eigenvalue weighted by atomic mass is 19.4. The van der Waals surface area contributed by atoms with E-state index in [1.165, 1.54) is 19.3 Å². The Morgan fingerprint density at radius 3 is 2.20 bits per heavy atom.